The average Bonchev–Trinajstić information content (AvgIpc) is 4.13. The molecule has 1 aliphatic rings. The van der Waals surface area contributed by atoms with Crippen molar-refractivity contribution in [2.45, 2.75) is 89.0 Å². The van der Waals surface area contributed by atoms with Gasteiger partial charge in [-0.15, -0.1) is 0 Å². The number of anilines is 2. The molecule has 69 heavy (non-hydrogen) atoms. The summed E-state index contributed by atoms with van der Waals surface area (Å²) in [6.45, 7) is 7.11. The second kappa shape index (κ2) is 23.4. The lowest BCUT2D eigenvalue weighted by Crippen LogP contribution is -2.35. The molecule has 0 spiro atoms. The van der Waals surface area contributed by atoms with Gasteiger partial charge in [-0.3, -0.25) is 33.7 Å². The zero-order chi connectivity index (χ0) is 49.8. The minimum absolute atomic E-state index is 0.0432. The van der Waals surface area contributed by atoms with E-state index < -0.39 is 21.1 Å². The van der Waals surface area contributed by atoms with Crippen molar-refractivity contribution in [2.75, 3.05) is 23.3 Å². The number of pyridine rings is 3. The monoisotopic (exact) mass is 994 g/mol. The largest absolute Gasteiger partial charge is 0.483 e. The standard InChI is InChI=1S/C26H27ClN4O4S.C24H28N4O4S/c1-16-11-22(36-20-5-3-2-4-6-20)25(28)26(34)31(16)14-23(32)29-13-17-12-18(27)7-10-21(17)35-15-24(33)30-19-8-9-19;1-16-10-11-20(18(3)26-16)14-25-22(29)15-28-17(2)12-21(13-19-8-6-5-7-9-19)23(24(28)30)27-33(4,31)32/h2-7,10-12,19H,8-9,13-15,28H2,1H3,(H,29,32)(H,30,33);5-12,27H,13-15H2,1-4H3,(H,25,29). The van der Waals surface area contributed by atoms with Crippen molar-refractivity contribution in [1.29, 1.82) is 0 Å². The van der Waals surface area contributed by atoms with Crippen LogP contribution in [0.15, 0.2) is 123 Å². The molecule has 3 aromatic carbocycles. The Morgan fingerprint density at radius 1 is 0.768 bits per heavy atom. The molecule has 0 unspecified atom stereocenters. The lowest BCUT2D eigenvalue weighted by molar-refractivity contribution is -0.123. The Balaban J connectivity index is 0.000000228. The number of halogens is 1. The highest BCUT2D eigenvalue weighted by molar-refractivity contribution is 7.99. The number of hydrogen-bond acceptors (Lipinski definition) is 11. The van der Waals surface area contributed by atoms with Crippen molar-refractivity contribution in [3.63, 3.8) is 0 Å². The number of ether oxygens (including phenoxy) is 1. The topological polar surface area (TPSA) is 226 Å². The Morgan fingerprint density at radius 2 is 1.38 bits per heavy atom. The molecular weight excluding hydrogens is 940 g/mol. The molecule has 3 aromatic heterocycles. The van der Waals surface area contributed by atoms with Gasteiger partial charge in [-0.05, 0) is 112 Å². The lowest BCUT2D eigenvalue weighted by Gasteiger charge is -2.17. The number of carbonyl (C=O) groups excluding carboxylic acids is 3. The summed E-state index contributed by atoms with van der Waals surface area (Å²) in [7, 11) is -3.70. The van der Waals surface area contributed by atoms with E-state index in [9.17, 15) is 32.4 Å². The van der Waals surface area contributed by atoms with Gasteiger partial charge in [0, 0.05) is 62.3 Å². The molecule has 0 saturated heterocycles. The van der Waals surface area contributed by atoms with Crippen LogP contribution in [0.25, 0.3) is 0 Å². The first kappa shape index (κ1) is 51.5. The third kappa shape index (κ3) is 15.3. The second-order valence-corrected chi connectivity index (χ2v) is 19.9. The fraction of sp³-hybridized carbons (Fsp3) is 0.280. The average molecular weight is 996 g/mol. The van der Waals surface area contributed by atoms with Gasteiger partial charge in [0.15, 0.2) is 6.61 Å². The summed E-state index contributed by atoms with van der Waals surface area (Å²) in [6.07, 6.45) is 3.36. The van der Waals surface area contributed by atoms with Crippen LogP contribution in [0.4, 0.5) is 11.4 Å². The van der Waals surface area contributed by atoms with Crippen molar-refractivity contribution in [3.05, 3.63) is 174 Å². The van der Waals surface area contributed by atoms with E-state index in [0.29, 0.717) is 44.6 Å². The van der Waals surface area contributed by atoms with Crippen molar-refractivity contribution in [1.82, 2.24) is 30.1 Å². The molecular formula is C50H55ClN8O8S2. The molecule has 0 bridgehead atoms. The highest BCUT2D eigenvalue weighted by Gasteiger charge is 2.24. The van der Waals surface area contributed by atoms with Crippen molar-refractivity contribution < 1.29 is 27.5 Å². The first-order chi connectivity index (χ1) is 32.8. The first-order valence-electron chi connectivity index (χ1n) is 22.0. The predicted molar refractivity (Wildman–Crippen MR) is 269 cm³/mol. The number of nitrogens with one attached hydrogen (secondary N) is 4. The zero-order valence-corrected chi connectivity index (χ0v) is 41.3. The number of sulfonamides is 1. The number of aryl methyl sites for hydroxylation is 4. The zero-order valence-electron chi connectivity index (χ0n) is 38.9. The van der Waals surface area contributed by atoms with E-state index in [2.05, 4.69) is 25.7 Å². The number of rotatable bonds is 18. The van der Waals surface area contributed by atoms with Crippen LogP contribution < -0.4 is 42.3 Å². The summed E-state index contributed by atoms with van der Waals surface area (Å²) >= 11 is 7.52. The summed E-state index contributed by atoms with van der Waals surface area (Å²) in [5, 5.41) is 8.93. The molecule has 6 N–H and O–H groups in total. The van der Waals surface area contributed by atoms with Crippen molar-refractivity contribution >= 4 is 62.5 Å². The number of aromatic nitrogens is 3. The van der Waals surface area contributed by atoms with Gasteiger partial charge >= 0.3 is 0 Å². The third-order valence-corrected chi connectivity index (χ3v) is 12.7. The highest BCUT2D eigenvalue weighted by atomic mass is 35.5. The van der Waals surface area contributed by atoms with Crippen LogP contribution in [0.5, 0.6) is 5.75 Å². The Morgan fingerprint density at radius 3 is 2.00 bits per heavy atom. The van der Waals surface area contributed by atoms with Gasteiger partial charge in [0.05, 0.1) is 6.26 Å². The predicted octanol–water partition coefficient (Wildman–Crippen LogP) is 5.96. The summed E-state index contributed by atoms with van der Waals surface area (Å²) in [6, 6.07) is 31.6. The molecule has 0 atom stereocenters. The second-order valence-electron chi connectivity index (χ2n) is 16.6. The number of nitrogen functional groups attached to an aromatic ring is 1. The minimum Gasteiger partial charge on any atom is -0.483 e. The van der Waals surface area contributed by atoms with E-state index in [4.69, 9.17) is 22.1 Å². The number of carbonyl (C=O) groups is 3. The van der Waals surface area contributed by atoms with Crippen LogP contribution in [0.1, 0.15) is 57.9 Å². The van der Waals surface area contributed by atoms with Gasteiger partial charge in [0.1, 0.15) is 30.2 Å². The maximum atomic E-state index is 13.2. The van der Waals surface area contributed by atoms with Crippen LogP contribution >= 0.6 is 23.4 Å². The fourth-order valence-corrected chi connectivity index (χ4v) is 8.85. The summed E-state index contributed by atoms with van der Waals surface area (Å²) in [5.74, 6) is -0.476. The maximum Gasteiger partial charge on any atom is 0.275 e. The molecule has 1 saturated carbocycles. The highest BCUT2D eigenvalue weighted by Crippen LogP contribution is 2.31. The van der Waals surface area contributed by atoms with Crippen LogP contribution in [-0.2, 0) is 57.0 Å². The van der Waals surface area contributed by atoms with E-state index in [-0.39, 0.29) is 67.9 Å². The van der Waals surface area contributed by atoms with Gasteiger partial charge in [0.25, 0.3) is 17.0 Å². The number of amides is 3. The van der Waals surface area contributed by atoms with Crippen LogP contribution in [0.2, 0.25) is 5.02 Å². The van der Waals surface area contributed by atoms with E-state index in [1.807, 2.05) is 86.6 Å². The molecule has 0 radical (unpaired) electrons. The minimum atomic E-state index is -3.70. The molecule has 1 aliphatic carbocycles. The van der Waals surface area contributed by atoms with Crippen LogP contribution in [0.3, 0.4) is 0 Å². The maximum absolute atomic E-state index is 13.2. The van der Waals surface area contributed by atoms with E-state index >= 15 is 0 Å². The normalized spacial score (nSPS) is 12.0. The summed E-state index contributed by atoms with van der Waals surface area (Å²) in [4.78, 5) is 69.4. The van der Waals surface area contributed by atoms with E-state index in [1.54, 1.807) is 44.2 Å². The van der Waals surface area contributed by atoms with E-state index in [1.165, 1.54) is 20.9 Å². The van der Waals surface area contributed by atoms with Gasteiger partial charge in [-0.2, -0.15) is 0 Å². The number of benzene rings is 3. The van der Waals surface area contributed by atoms with E-state index in [0.717, 1.165) is 46.5 Å². The molecule has 0 aliphatic heterocycles. The van der Waals surface area contributed by atoms with Crippen LogP contribution in [-0.4, -0.2) is 59.2 Å². The van der Waals surface area contributed by atoms with Gasteiger partial charge < -0.3 is 35.6 Å². The molecule has 6 aromatic rings. The smallest absolute Gasteiger partial charge is 0.275 e. The lowest BCUT2D eigenvalue weighted by atomic mass is 10.0. The summed E-state index contributed by atoms with van der Waals surface area (Å²) < 4.78 is 34.5. The Kier molecular flexibility index (Phi) is 17.5. The molecule has 3 amide bonds. The SMILES string of the molecule is Cc1cc(Sc2ccccc2)c(N)c(=O)n1CC(=O)NCc1cc(Cl)ccc1OCC(=O)NC1CC1.Cc1ccc(CNC(=O)Cn2c(C)cc(Cc3ccccc3)c(NS(C)(=O)=O)c2=O)c(C)n1. The molecule has 3 heterocycles. The molecule has 7 rings (SSSR count). The summed E-state index contributed by atoms with van der Waals surface area (Å²) in [5.41, 5.74) is 11.1. The van der Waals surface area contributed by atoms with Crippen molar-refractivity contribution in [3.8, 4) is 5.75 Å². The number of nitrogens with two attached hydrogens (primary N) is 1. The molecule has 362 valence electrons. The quantitative estimate of drug-likeness (QED) is 0.0675. The Hall–Kier alpha value is -6.89. The van der Waals surface area contributed by atoms with Crippen LogP contribution in [0, 0.1) is 27.7 Å². The van der Waals surface area contributed by atoms with Crippen molar-refractivity contribution in [2.24, 2.45) is 0 Å². The third-order valence-electron chi connectivity index (χ3n) is 10.8. The molecule has 1 fully saturated rings. The fourth-order valence-electron chi connectivity index (χ4n) is 7.09. The Labute approximate surface area is 410 Å². The van der Waals surface area contributed by atoms with Gasteiger partial charge in [0.2, 0.25) is 21.8 Å². The first-order valence-corrected chi connectivity index (χ1v) is 25.1. The van der Waals surface area contributed by atoms with Gasteiger partial charge in [-0.25, -0.2) is 8.42 Å². The molecule has 16 nitrogen and oxygen atoms in total. The Bertz CT molecular complexity index is 3070. The van der Waals surface area contributed by atoms with Gasteiger partial charge in [-0.1, -0.05) is 78.0 Å². The molecule has 19 heteroatoms. The number of hydrogen-bond donors (Lipinski definition) is 5. The number of nitrogens with zero attached hydrogens (tertiary/aromatic N) is 3.